The number of nitrogens with one attached hydrogen (secondary N) is 1. The van der Waals surface area contributed by atoms with Gasteiger partial charge in [-0.3, -0.25) is 0 Å². The number of pyridine rings is 1. The van der Waals surface area contributed by atoms with Crippen molar-refractivity contribution in [1.82, 2.24) is 4.98 Å². The molecule has 0 aliphatic rings. The molecule has 2 aromatic rings. The van der Waals surface area contributed by atoms with Gasteiger partial charge in [0.05, 0.1) is 5.56 Å². The van der Waals surface area contributed by atoms with Gasteiger partial charge in [-0.05, 0) is 18.6 Å². The molecule has 21 heavy (non-hydrogen) atoms. The van der Waals surface area contributed by atoms with E-state index in [1.165, 1.54) is 6.07 Å². The molecule has 7 heteroatoms. The molecule has 0 radical (unpaired) electrons. The van der Waals surface area contributed by atoms with E-state index in [1.54, 1.807) is 6.92 Å². The van der Waals surface area contributed by atoms with Crippen LogP contribution in [0.4, 0.5) is 24.7 Å². The average Bonchev–Trinajstić information content (AvgIpc) is 2.42. The summed E-state index contributed by atoms with van der Waals surface area (Å²) in [5.74, 6) is -4.52. The normalized spacial score (nSPS) is 10.5. The molecular formula is C14H11F3N2O2. The standard InChI is InChI=1S/C14H11F3N2O2/c1-2-9-3-7(14(20)21)4-12(18-9)19-13-10(16)5-8(15)6-11(13)17/h3-6H,2H2,1H3,(H,18,19)(H,20,21). The number of rotatable bonds is 4. The first kappa shape index (κ1) is 14.8. The summed E-state index contributed by atoms with van der Waals surface area (Å²) in [6.07, 6.45) is 0.449. The van der Waals surface area contributed by atoms with Crippen molar-refractivity contribution in [3.63, 3.8) is 0 Å². The van der Waals surface area contributed by atoms with Crippen molar-refractivity contribution in [2.75, 3.05) is 5.32 Å². The maximum atomic E-state index is 13.6. The minimum absolute atomic E-state index is 0.0313. The zero-order chi connectivity index (χ0) is 15.6. The Kier molecular flexibility index (Phi) is 4.11. The highest BCUT2D eigenvalue weighted by atomic mass is 19.1. The molecule has 0 aliphatic heterocycles. The monoisotopic (exact) mass is 296 g/mol. The summed E-state index contributed by atoms with van der Waals surface area (Å²) in [4.78, 5) is 15.0. The highest BCUT2D eigenvalue weighted by molar-refractivity contribution is 5.88. The van der Waals surface area contributed by atoms with E-state index in [9.17, 15) is 18.0 Å². The summed E-state index contributed by atoms with van der Waals surface area (Å²) in [6, 6.07) is 3.55. The Hall–Kier alpha value is -2.57. The topological polar surface area (TPSA) is 62.2 Å². The van der Waals surface area contributed by atoms with Crippen LogP contribution < -0.4 is 5.32 Å². The molecule has 1 aromatic heterocycles. The van der Waals surface area contributed by atoms with Crippen LogP contribution >= 0.6 is 0 Å². The lowest BCUT2D eigenvalue weighted by Crippen LogP contribution is -2.05. The number of nitrogens with zero attached hydrogens (tertiary/aromatic N) is 1. The summed E-state index contributed by atoms with van der Waals surface area (Å²) < 4.78 is 39.9. The molecular weight excluding hydrogens is 285 g/mol. The number of carbonyl (C=O) groups is 1. The highest BCUT2D eigenvalue weighted by Gasteiger charge is 2.14. The van der Waals surface area contributed by atoms with E-state index in [-0.39, 0.29) is 11.4 Å². The Morgan fingerprint density at radius 2 is 1.81 bits per heavy atom. The summed E-state index contributed by atoms with van der Waals surface area (Å²) in [5, 5.41) is 11.3. The first-order valence-corrected chi connectivity index (χ1v) is 6.06. The lowest BCUT2D eigenvalue weighted by atomic mass is 10.2. The van der Waals surface area contributed by atoms with E-state index in [0.29, 0.717) is 24.2 Å². The van der Waals surface area contributed by atoms with Gasteiger partial charge in [0, 0.05) is 17.8 Å². The van der Waals surface area contributed by atoms with Crippen LogP contribution in [0.3, 0.4) is 0 Å². The molecule has 0 atom stereocenters. The molecule has 110 valence electrons. The molecule has 2 N–H and O–H groups in total. The van der Waals surface area contributed by atoms with E-state index >= 15 is 0 Å². The van der Waals surface area contributed by atoms with Crippen molar-refractivity contribution in [3.05, 3.63) is 53.0 Å². The van der Waals surface area contributed by atoms with Crippen molar-refractivity contribution in [2.24, 2.45) is 0 Å². The van der Waals surface area contributed by atoms with E-state index < -0.39 is 29.1 Å². The lowest BCUT2D eigenvalue weighted by molar-refractivity contribution is 0.0696. The second-order valence-electron chi connectivity index (χ2n) is 4.26. The fourth-order valence-corrected chi connectivity index (χ4v) is 1.75. The van der Waals surface area contributed by atoms with Gasteiger partial charge in [0.25, 0.3) is 0 Å². The number of halogens is 3. The fourth-order valence-electron chi connectivity index (χ4n) is 1.75. The van der Waals surface area contributed by atoms with E-state index in [1.807, 2.05) is 0 Å². The van der Waals surface area contributed by atoms with Gasteiger partial charge in [0.2, 0.25) is 0 Å². The Labute approximate surface area is 118 Å². The number of hydrogen-bond acceptors (Lipinski definition) is 3. The highest BCUT2D eigenvalue weighted by Crippen LogP contribution is 2.24. The number of carboxylic acid groups (broad SMARTS) is 1. The molecule has 4 nitrogen and oxygen atoms in total. The second kappa shape index (κ2) is 5.82. The first-order chi connectivity index (χ1) is 9.90. The first-order valence-electron chi connectivity index (χ1n) is 6.06. The predicted molar refractivity (Wildman–Crippen MR) is 70.2 cm³/mol. The third-order valence-electron chi connectivity index (χ3n) is 2.75. The van der Waals surface area contributed by atoms with Crippen LogP contribution in [-0.4, -0.2) is 16.1 Å². The van der Waals surface area contributed by atoms with Crippen LogP contribution in [0.15, 0.2) is 24.3 Å². The molecule has 1 aromatic carbocycles. The van der Waals surface area contributed by atoms with Crippen LogP contribution in [0, 0.1) is 17.5 Å². The predicted octanol–water partition coefficient (Wildman–Crippen LogP) is 3.50. The van der Waals surface area contributed by atoms with Gasteiger partial charge in [0.1, 0.15) is 17.3 Å². The van der Waals surface area contributed by atoms with Crippen molar-refractivity contribution < 1.29 is 23.1 Å². The SMILES string of the molecule is CCc1cc(C(=O)O)cc(Nc2c(F)cc(F)cc2F)n1. The van der Waals surface area contributed by atoms with Crippen molar-refractivity contribution >= 4 is 17.5 Å². The average molecular weight is 296 g/mol. The zero-order valence-corrected chi connectivity index (χ0v) is 11.0. The van der Waals surface area contributed by atoms with Gasteiger partial charge in [-0.15, -0.1) is 0 Å². The number of benzene rings is 1. The van der Waals surface area contributed by atoms with Crippen LogP contribution in [0.25, 0.3) is 0 Å². The van der Waals surface area contributed by atoms with E-state index in [2.05, 4.69) is 10.3 Å². The van der Waals surface area contributed by atoms with Crippen LogP contribution in [0.5, 0.6) is 0 Å². The number of carboxylic acids is 1. The summed E-state index contributed by atoms with van der Waals surface area (Å²) >= 11 is 0. The van der Waals surface area contributed by atoms with Gasteiger partial charge in [-0.25, -0.2) is 22.9 Å². The van der Waals surface area contributed by atoms with Crippen LogP contribution in [0.2, 0.25) is 0 Å². The number of anilines is 2. The minimum Gasteiger partial charge on any atom is -0.478 e. The van der Waals surface area contributed by atoms with Gasteiger partial charge in [-0.1, -0.05) is 6.92 Å². The molecule has 0 saturated carbocycles. The fraction of sp³-hybridized carbons (Fsp3) is 0.143. The van der Waals surface area contributed by atoms with Crippen molar-refractivity contribution in [1.29, 1.82) is 0 Å². The maximum absolute atomic E-state index is 13.6. The molecule has 0 spiro atoms. The minimum atomic E-state index is -1.19. The molecule has 1 heterocycles. The number of aromatic carboxylic acids is 1. The molecule has 2 rings (SSSR count). The maximum Gasteiger partial charge on any atom is 0.335 e. The molecule has 0 unspecified atom stereocenters. The smallest absolute Gasteiger partial charge is 0.335 e. The largest absolute Gasteiger partial charge is 0.478 e. The van der Waals surface area contributed by atoms with Gasteiger partial charge in [0.15, 0.2) is 11.6 Å². The van der Waals surface area contributed by atoms with Crippen LogP contribution in [-0.2, 0) is 6.42 Å². The summed E-state index contributed by atoms with van der Waals surface area (Å²) in [5.41, 5.74) is -0.207. The Morgan fingerprint density at radius 3 is 2.33 bits per heavy atom. The Balaban J connectivity index is 2.44. The molecule has 0 aliphatic carbocycles. The van der Waals surface area contributed by atoms with E-state index in [4.69, 9.17) is 5.11 Å². The van der Waals surface area contributed by atoms with Gasteiger partial charge < -0.3 is 10.4 Å². The third kappa shape index (κ3) is 3.31. The molecule has 0 bridgehead atoms. The van der Waals surface area contributed by atoms with Crippen molar-refractivity contribution in [3.8, 4) is 0 Å². The molecule has 0 amide bonds. The number of hydrogen-bond donors (Lipinski definition) is 2. The Bertz CT molecular complexity index is 682. The molecule has 0 saturated heterocycles. The number of aryl methyl sites for hydroxylation is 1. The summed E-state index contributed by atoms with van der Waals surface area (Å²) in [7, 11) is 0. The van der Waals surface area contributed by atoms with Crippen LogP contribution in [0.1, 0.15) is 23.0 Å². The van der Waals surface area contributed by atoms with Gasteiger partial charge >= 0.3 is 5.97 Å². The molecule has 0 fully saturated rings. The Morgan fingerprint density at radius 1 is 1.19 bits per heavy atom. The number of aromatic nitrogens is 1. The second-order valence-corrected chi connectivity index (χ2v) is 4.26. The van der Waals surface area contributed by atoms with Gasteiger partial charge in [-0.2, -0.15) is 0 Å². The third-order valence-corrected chi connectivity index (χ3v) is 2.75. The quantitative estimate of drug-likeness (QED) is 0.906. The summed E-state index contributed by atoms with van der Waals surface area (Å²) in [6.45, 7) is 1.76. The lowest BCUT2D eigenvalue weighted by Gasteiger charge is -2.10. The van der Waals surface area contributed by atoms with Crippen molar-refractivity contribution in [2.45, 2.75) is 13.3 Å². The van der Waals surface area contributed by atoms with E-state index in [0.717, 1.165) is 6.07 Å². The zero-order valence-electron chi connectivity index (χ0n) is 11.0.